The molecule has 2 atom stereocenters. The number of benzene rings is 1. The lowest BCUT2D eigenvalue weighted by Crippen LogP contribution is -2.51. The molecule has 0 saturated carbocycles. The van der Waals surface area contributed by atoms with Crippen LogP contribution in [0.5, 0.6) is 0 Å². The summed E-state index contributed by atoms with van der Waals surface area (Å²) in [4.78, 5) is 26.0. The molecule has 0 aliphatic carbocycles. The number of nitrogens with zero attached hydrogens (tertiary/aromatic N) is 1. The number of anilines is 1. The van der Waals surface area contributed by atoms with E-state index in [9.17, 15) is 9.59 Å². The number of halogens is 2. The summed E-state index contributed by atoms with van der Waals surface area (Å²) in [5.41, 5.74) is 6.45. The number of methoxy groups -OCH3 is 1. The van der Waals surface area contributed by atoms with Gasteiger partial charge in [-0.2, -0.15) is 0 Å². The first-order valence-electron chi connectivity index (χ1n) is 7.30. The molecule has 1 aromatic carbocycles. The highest BCUT2D eigenvalue weighted by molar-refractivity contribution is 6.42. The molecular formula is C16H22Cl2N2O3. The zero-order chi connectivity index (χ0) is 17.7. The topological polar surface area (TPSA) is 72.6 Å². The van der Waals surface area contributed by atoms with Crippen LogP contribution in [0, 0.1) is 5.92 Å². The highest BCUT2D eigenvalue weighted by Gasteiger charge is 2.31. The SMILES string of the molecule is COC(=O)[C@H](C)N(C(=O)[C@@H](N)CC(C)C)c1ccc(Cl)c(Cl)c1. The molecule has 0 radical (unpaired) electrons. The first-order valence-corrected chi connectivity index (χ1v) is 8.06. The van der Waals surface area contributed by atoms with Crippen molar-refractivity contribution in [2.45, 2.75) is 39.3 Å². The average Bonchev–Trinajstić information content (AvgIpc) is 2.49. The number of hydrogen-bond acceptors (Lipinski definition) is 4. The monoisotopic (exact) mass is 360 g/mol. The molecule has 0 fully saturated rings. The predicted octanol–water partition coefficient (Wildman–Crippen LogP) is 3.26. The Hall–Kier alpha value is -1.30. The lowest BCUT2D eigenvalue weighted by Gasteiger charge is -2.30. The smallest absolute Gasteiger partial charge is 0.328 e. The molecule has 2 N–H and O–H groups in total. The van der Waals surface area contributed by atoms with Gasteiger partial charge in [-0.25, -0.2) is 4.79 Å². The van der Waals surface area contributed by atoms with Crippen molar-refractivity contribution in [3.8, 4) is 0 Å². The van der Waals surface area contributed by atoms with Crippen molar-refractivity contribution >= 4 is 40.8 Å². The van der Waals surface area contributed by atoms with E-state index in [-0.39, 0.29) is 16.8 Å². The number of hydrogen-bond donors (Lipinski definition) is 1. The molecule has 0 saturated heterocycles. The van der Waals surface area contributed by atoms with Crippen LogP contribution in [0.25, 0.3) is 0 Å². The number of rotatable bonds is 6. The molecule has 0 unspecified atom stereocenters. The van der Waals surface area contributed by atoms with Gasteiger partial charge in [0.25, 0.3) is 0 Å². The lowest BCUT2D eigenvalue weighted by molar-refractivity contribution is -0.143. The Labute approximate surface area is 146 Å². The molecule has 23 heavy (non-hydrogen) atoms. The quantitative estimate of drug-likeness (QED) is 0.790. The van der Waals surface area contributed by atoms with Gasteiger partial charge in [-0.3, -0.25) is 9.69 Å². The van der Waals surface area contributed by atoms with E-state index < -0.39 is 18.1 Å². The normalized spacial score (nSPS) is 13.6. The number of carbonyl (C=O) groups excluding carboxylic acids is 2. The Morgan fingerprint density at radius 1 is 1.22 bits per heavy atom. The lowest BCUT2D eigenvalue weighted by atomic mass is 10.0. The largest absolute Gasteiger partial charge is 0.467 e. The van der Waals surface area contributed by atoms with Gasteiger partial charge >= 0.3 is 5.97 Å². The Morgan fingerprint density at radius 2 is 1.83 bits per heavy atom. The van der Waals surface area contributed by atoms with Crippen LogP contribution >= 0.6 is 23.2 Å². The molecule has 0 aromatic heterocycles. The maximum absolute atomic E-state index is 12.8. The fourth-order valence-corrected chi connectivity index (χ4v) is 2.53. The van der Waals surface area contributed by atoms with Crippen molar-refractivity contribution in [2.75, 3.05) is 12.0 Å². The number of carbonyl (C=O) groups is 2. The van der Waals surface area contributed by atoms with Gasteiger partial charge in [-0.1, -0.05) is 37.0 Å². The second kappa shape index (κ2) is 8.52. The van der Waals surface area contributed by atoms with Crippen molar-refractivity contribution < 1.29 is 14.3 Å². The van der Waals surface area contributed by atoms with Crippen LogP contribution in [0.3, 0.4) is 0 Å². The maximum atomic E-state index is 12.8. The van der Waals surface area contributed by atoms with Gasteiger partial charge in [0.1, 0.15) is 6.04 Å². The van der Waals surface area contributed by atoms with Crippen molar-refractivity contribution in [3.63, 3.8) is 0 Å². The summed E-state index contributed by atoms with van der Waals surface area (Å²) < 4.78 is 4.75. The molecule has 1 aromatic rings. The molecule has 0 heterocycles. The third-order valence-electron chi connectivity index (χ3n) is 3.39. The van der Waals surface area contributed by atoms with Crippen molar-refractivity contribution in [2.24, 2.45) is 11.7 Å². The summed E-state index contributed by atoms with van der Waals surface area (Å²) in [7, 11) is 1.27. The predicted molar refractivity (Wildman–Crippen MR) is 92.9 cm³/mol. The number of amides is 1. The van der Waals surface area contributed by atoms with Gasteiger partial charge in [0.15, 0.2) is 0 Å². The highest BCUT2D eigenvalue weighted by atomic mass is 35.5. The minimum atomic E-state index is -0.831. The molecule has 1 rings (SSSR count). The summed E-state index contributed by atoms with van der Waals surface area (Å²) in [6.45, 7) is 5.52. The minimum Gasteiger partial charge on any atom is -0.467 e. The molecule has 128 valence electrons. The van der Waals surface area contributed by atoms with Gasteiger partial charge in [-0.15, -0.1) is 0 Å². The highest BCUT2D eigenvalue weighted by Crippen LogP contribution is 2.29. The number of ether oxygens (including phenoxy) is 1. The van der Waals surface area contributed by atoms with Crippen molar-refractivity contribution in [1.82, 2.24) is 0 Å². The number of nitrogens with two attached hydrogens (primary N) is 1. The summed E-state index contributed by atoms with van der Waals surface area (Å²) in [6.07, 6.45) is 0.505. The van der Waals surface area contributed by atoms with Gasteiger partial charge in [-0.05, 0) is 37.5 Å². The van der Waals surface area contributed by atoms with Crippen molar-refractivity contribution in [3.05, 3.63) is 28.2 Å². The van der Waals surface area contributed by atoms with E-state index in [0.717, 1.165) is 0 Å². The third-order valence-corrected chi connectivity index (χ3v) is 4.13. The minimum absolute atomic E-state index is 0.248. The van der Waals surface area contributed by atoms with E-state index >= 15 is 0 Å². The average molecular weight is 361 g/mol. The van der Waals surface area contributed by atoms with Crippen LogP contribution in [-0.4, -0.2) is 31.1 Å². The van der Waals surface area contributed by atoms with Crippen LogP contribution < -0.4 is 10.6 Å². The molecular weight excluding hydrogens is 339 g/mol. The third kappa shape index (κ3) is 5.09. The fourth-order valence-electron chi connectivity index (χ4n) is 2.24. The zero-order valence-corrected chi connectivity index (χ0v) is 15.2. The maximum Gasteiger partial charge on any atom is 0.328 e. The van der Waals surface area contributed by atoms with E-state index in [0.29, 0.717) is 17.1 Å². The van der Waals surface area contributed by atoms with E-state index in [2.05, 4.69) is 0 Å². The van der Waals surface area contributed by atoms with Gasteiger partial charge < -0.3 is 10.5 Å². The second-order valence-electron chi connectivity index (χ2n) is 5.74. The Morgan fingerprint density at radius 3 is 2.30 bits per heavy atom. The Bertz CT molecular complexity index is 578. The fraction of sp³-hybridized carbons (Fsp3) is 0.500. The summed E-state index contributed by atoms with van der Waals surface area (Å²) >= 11 is 11.9. The molecule has 0 bridgehead atoms. The molecule has 1 amide bonds. The standard InChI is InChI=1S/C16H22Cl2N2O3/c1-9(2)7-14(19)15(21)20(10(3)16(22)23-4)11-5-6-12(17)13(18)8-11/h5-6,8-10,14H,7,19H2,1-4H3/t10-,14-/m0/s1. The van der Waals surface area contributed by atoms with Crippen LogP contribution in [0.1, 0.15) is 27.2 Å². The van der Waals surface area contributed by atoms with E-state index in [1.54, 1.807) is 19.1 Å². The summed E-state index contributed by atoms with van der Waals surface area (Å²) in [5, 5.41) is 0.650. The van der Waals surface area contributed by atoms with Crippen LogP contribution in [0.4, 0.5) is 5.69 Å². The summed E-state index contributed by atoms with van der Waals surface area (Å²) in [5.74, 6) is -0.658. The Balaban J connectivity index is 3.23. The molecule has 0 aliphatic heterocycles. The van der Waals surface area contributed by atoms with Crippen LogP contribution in [-0.2, 0) is 14.3 Å². The number of esters is 1. The summed E-state index contributed by atoms with van der Waals surface area (Å²) in [6, 6.07) is 3.16. The van der Waals surface area contributed by atoms with Crippen molar-refractivity contribution in [1.29, 1.82) is 0 Å². The van der Waals surface area contributed by atoms with Gasteiger partial charge in [0, 0.05) is 5.69 Å². The first-order chi connectivity index (χ1) is 10.7. The van der Waals surface area contributed by atoms with E-state index in [1.165, 1.54) is 18.1 Å². The zero-order valence-electron chi connectivity index (χ0n) is 13.7. The van der Waals surface area contributed by atoms with Gasteiger partial charge in [0.2, 0.25) is 5.91 Å². The molecule has 7 heteroatoms. The molecule has 5 nitrogen and oxygen atoms in total. The van der Waals surface area contributed by atoms with Gasteiger partial charge in [0.05, 0.1) is 23.2 Å². The molecule has 0 aliphatic rings. The first kappa shape index (κ1) is 19.7. The van der Waals surface area contributed by atoms with Crippen LogP contribution in [0.15, 0.2) is 18.2 Å². The second-order valence-corrected chi connectivity index (χ2v) is 6.56. The van der Waals surface area contributed by atoms with E-state index in [4.69, 9.17) is 33.7 Å². The molecule has 0 spiro atoms. The van der Waals surface area contributed by atoms with Crippen LogP contribution in [0.2, 0.25) is 10.0 Å². The van der Waals surface area contributed by atoms with E-state index in [1.807, 2.05) is 13.8 Å². The Kier molecular flexibility index (Phi) is 7.32.